The molecule has 0 bridgehead atoms. The summed E-state index contributed by atoms with van der Waals surface area (Å²) in [5.41, 5.74) is 0.845. The number of carboxylic acids is 1. The first kappa shape index (κ1) is 22.6. The van der Waals surface area contributed by atoms with Crippen LogP contribution in [0.3, 0.4) is 0 Å². The average Bonchev–Trinajstić information content (AvgIpc) is 2.66. The molecular weight excluding hydrogens is 376 g/mol. The van der Waals surface area contributed by atoms with E-state index in [2.05, 4.69) is 10.2 Å². The van der Waals surface area contributed by atoms with Crippen molar-refractivity contribution in [2.75, 3.05) is 32.2 Å². The molecule has 1 atom stereocenters. The molecule has 1 fully saturated rings. The molecule has 1 aliphatic heterocycles. The first-order chi connectivity index (χ1) is 13.6. The summed E-state index contributed by atoms with van der Waals surface area (Å²) in [5.74, 6) is 0.0599. The van der Waals surface area contributed by atoms with E-state index < -0.39 is 23.7 Å². The van der Waals surface area contributed by atoms with Crippen molar-refractivity contribution >= 4 is 17.7 Å². The van der Waals surface area contributed by atoms with E-state index >= 15 is 0 Å². The Labute approximate surface area is 172 Å². The second-order valence-electron chi connectivity index (χ2n) is 8.12. The number of hydrogen-bond donors (Lipinski definition) is 2. The number of anilines is 1. The van der Waals surface area contributed by atoms with E-state index in [1.54, 1.807) is 41.1 Å². The van der Waals surface area contributed by atoms with E-state index in [1.165, 1.54) is 6.42 Å². The molecule has 0 radical (unpaired) electrons. The fourth-order valence-corrected chi connectivity index (χ4v) is 3.36. The minimum absolute atomic E-state index is 0.0361. The van der Waals surface area contributed by atoms with Gasteiger partial charge < -0.3 is 29.5 Å². The number of nitrogens with zero attached hydrogens (tertiary/aromatic N) is 1. The van der Waals surface area contributed by atoms with Crippen molar-refractivity contribution in [3.8, 4) is 11.5 Å². The van der Waals surface area contributed by atoms with E-state index in [9.17, 15) is 14.7 Å². The molecule has 2 N–H and O–H groups in total. The number of carbonyl (C=O) groups excluding carboxylic acids is 1. The smallest absolute Gasteiger partial charge is 0.408 e. The van der Waals surface area contributed by atoms with Gasteiger partial charge in [0.15, 0.2) is 0 Å². The van der Waals surface area contributed by atoms with Gasteiger partial charge in [-0.3, -0.25) is 0 Å². The van der Waals surface area contributed by atoms with Crippen molar-refractivity contribution in [2.24, 2.45) is 0 Å². The Balaban J connectivity index is 2.26. The van der Waals surface area contributed by atoms with E-state index in [0.29, 0.717) is 17.1 Å². The molecule has 0 aromatic heterocycles. The highest BCUT2D eigenvalue weighted by Crippen LogP contribution is 2.37. The third kappa shape index (κ3) is 6.44. The van der Waals surface area contributed by atoms with Crippen LogP contribution in [-0.2, 0) is 16.0 Å². The molecule has 162 valence electrons. The van der Waals surface area contributed by atoms with E-state index in [4.69, 9.17) is 14.2 Å². The number of alkyl carbamates (subject to hydrolysis) is 1. The summed E-state index contributed by atoms with van der Waals surface area (Å²) in [4.78, 5) is 26.0. The van der Waals surface area contributed by atoms with Gasteiger partial charge in [-0.1, -0.05) is 0 Å². The summed E-state index contributed by atoms with van der Waals surface area (Å²) >= 11 is 0. The Morgan fingerprint density at radius 1 is 1.10 bits per heavy atom. The molecule has 1 amide bonds. The number of piperidine rings is 1. The number of ether oxygens (including phenoxy) is 3. The van der Waals surface area contributed by atoms with Gasteiger partial charge >= 0.3 is 12.1 Å². The van der Waals surface area contributed by atoms with Gasteiger partial charge in [0.25, 0.3) is 0 Å². The lowest BCUT2D eigenvalue weighted by molar-refractivity contribution is -0.139. The molecule has 1 aromatic carbocycles. The number of hydrogen-bond acceptors (Lipinski definition) is 6. The molecular formula is C21H32N2O6. The predicted molar refractivity (Wildman–Crippen MR) is 110 cm³/mol. The molecule has 2 rings (SSSR count). The lowest BCUT2D eigenvalue weighted by atomic mass is 10.0. The minimum Gasteiger partial charge on any atom is -0.496 e. The van der Waals surface area contributed by atoms with Crippen LogP contribution in [0.1, 0.15) is 45.6 Å². The normalized spacial score (nSPS) is 15.4. The minimum atomic E-state index is -1.16. The molecule has 8 nitrogen and oxygen atoms in total. The molecule has 1 heterocycles. The molecule has 29 heavy (non-hydrogen) atoms. The van der Waals surface area contributed by atoms with Gasteiger partial charge in [-0.05, 0) is 46.1 Å². The third-order valence-corrected chi connectivity index (χ3v) is 4.69. The molecule has 0 saturated carbocycles. The van der Waals surface area contributed by atoms with E-state index in [0.717, 1.165) is 31.6 Å². The first-order valence-electron chi connectivity index (χ1n) is 9.86. The lowest BCUT2D eigenvalue weighted by Gasteiger charge is -2.31. The quantitative estimate of drug-likeness (QED) is 0.715. The zero-order valence-corrected chi connectivity index (χ0v) is 17.9. The number of benzene rings is 1. The third-order valence-electron chi connectivity index (χ3n) is 4.69. The Kier molecular flexibility index (Phi) is 7.59. The molecule has 0 spiro atoms. The predicted octanol–water partition coefficient (Wildman–Crippen LogP) is 3.21. The molecule has 8 heteroatoms. The van der Waals surface area contributed by atoms with Gasteiger partial charge in [-0.25, -0.2) is 9.59 Å². The zero-order valence-electron chi connectivity index (χ0n) is 17.9. The first-order valence-corrected chi connectivity index (χ1v) is 9.86. The van der Waals surface area contributed by atoms with Crippen LogP contribution in [-0.4, -0.2) is 56.1 Å². The van der Waals surface area contributed by atoms with Crippen molar-refractivity contribution in [3.05, 3.63) is 17.7 Å². The van der Waals surface area contributed by atoms with E-state index in [1.807, 2.05) is 6.07 Å². The van der Waals surface area contributed by atoms with Gasteiger partial charge in [0.2, 0.25) is 0 Å². The fourth-order valence-electron chi connectivity index (χ4n) is 3.36. The highest BCUT2D eigenvalue weighted by Gasteiger charge is 2.27. The number of methoxy groups -OCH3 is 2. The Bertz CT molecular complexity index is 723. The summed E-state index contributed by atoms with van der Waals surface area (Å²) in [6.45, 7) is 7.04. The Hall–Kier alpha value is -2.64. The Morgan fingerprint density at radius 2 is 1.72 bits per heavy atom. The standard InChI is InChI=1S/C21H32N2O6/c1-21(2,3)29-20(26)22-15(19(24)25)11-14-12-18(28-5)16(13-17(14)27-4)23-9-7-6-8-10-23/h12-13,15H,6-11H2,1-5H3,(H,22,26)(H,24,25). The molecule has 1 saturated heterocycles. The van der Waals surface area contributed by atoms with Crippen LogP contribution in [0, 0.1) is 0 Å². The zero-order chi connectivity index (χ0) is 21.6. The highest BCUT2D eigenvalue weighted by molar-refractivity contribution is 5.80. The van der Waals surface area contributed by atoms with Crippen molar-refractivity contribution < 1.29 is 28.9 Å². The maximum absolute atomic E-state index is 12.0. The van der Waals surface area contributed by atoms with Crippen LogP contribution in [0.25, 0.3) is 0 Å². The van der Waals surface area contributed by atoms with Crippen LogP contribution < -0.4 is 19.7 Å². The van der Waals surface area contributed by atoms with Gasteiger partial charge in [0, 0.05) is 31.1 Å². The summed E-state index contributed by atoms with van der Waals surface area (Å²) in [6.07, 6.45) is 2.71. The largest absolute Gasteiger partial charge is 0.496 e. The number of aliphatic carboxylic acids is 1. The number of amides is 1. The van der Waals surface area contributed by atoms with Gasteiger partial charge in [-0.15, -0.1) is 0 Å². The van der Waals surface area contributed by atoms with Gasteiger partial charge in [0.05, 0.1) is 19.9 Å². The number of carboxylic acid groups (broad SMARTS) is 1. The van der Waals surface area contributed by atoms with Crippen LogP contribution in [0.5, 0.6) is 11.5 Å². The van der Waals surface area contributed by atoms with Gasteiger partial charge in [-0.2, -0.15) is 0 Å². The van der Waals surface area contributed by atoms with Crippen molar-refractivity contribution in [3.63, 3.8) is 0 Å². The summed E-state index contributed by atoms with van der Waals surface area (Å²) in [6, 6.07) is 2.51. The van der Waals surface area contributed by atoms with Gasteiger partial charge in [0.1, 0.15) is 23.1 Å². The highest BCUT2D eigenvalue weighted by atomic mass is 16.6. The number of nitrogens with one attached hydrogen (secondary N) is 1. The summed E-state index contributed by atoms with van der Waals surface area (Å²) in [7, 11) is 3.13. The van der Waals surface area contributed by atoms with Crippen molar-refractivity contribution in [1.29, 1.82) is 0 Å². The van der Waals surface area contributed by atoms with Crippen LogP contribution in [0.2, 0.25) is 0 Å². The molecule has 1 aromatic rings. The summed E-state index contributed by atoms with van der Waals surface area (Å²) < 4.78 is 16.3. The van der Waals surface area contributed by atoms with Crippen LogP contribution in [0.4, 0.5) is 10.5 Å². The van der Waals surface area contributed by atoms with Crippen molar-refractivity contribution in [1.82, 2.24) is 5.32 Å². The van der Waals surface area contributed by atoms with Crippen LogP contribution >= 0.6 is 0 Å². The second-order valence-corrected chi connectivity index (χ2v) is 8.12. The monoisotopic (exact) mass is 408 g/mol. The maximum atomic E-state index is 12.0. The van der Waals surface area contributed by atoms with E-state index in [-0.39, 0.29) is 6.42 Å². The average molecular weight is 408 g/mol. The van der Waals surface area contributed by atoms with Crippen LogP contribution in [0.15, 0.2) is 12.1 Å². The maximum Gasteiger partial charge on any atom is 0.408 e. The SMILES string of the molecule is COc1cc(N2CCCCC2)c(OC)cc1CC(NC(=O)OC(C)(C)C)C(=O)O. The molecule has 1 unspecified atom stereocenters. The Morgan fingerprint density at radius 3 is 2.24 bits per heavy atom. The fraction of sp³-hybridized carbons (Fsp3) is 0.619. The lowest BCUT2D eigenvalue weighted by Crippen LogP contribution is -2.44. The summed E-state index contributed by atoms with van der Waals surface area (Å²) in [5, 5.41) is 12.0. The molecule has 1 aliphatic rings. The number of rotatable bonds is 7. The number of carbonyl (C=O) groups is 2. The molecule has 0 aliphatic carbocycles. The van der Waals surface area contributed by atoms with Crippen molar-refractivity contribution in [2.45, 2.75) is 58.1 Å². The second kappa shape index (κ2) is 9.71. The topological polar surface area (TPSA) is 97.3 Å².